The van der Waals surface area contributed by atoms with Crippen LogP contribution in [-0.2, 0) is 15.6 Å². The molecule has 0 radical (unpaired) electrons. The molecular formula is C12H7NO5S. The molecule has 6 nitrogen and oxygen atoms in total. The third-order valence-electron chi connectivity index (χ3n) is 2.87. The first-order valence-corrected chi connectivity index (χ1v) is 6.32. The van der Waals surface area contributed by atoms with Gasteiger partial charge in [-0.3, -0.25) is 14.1 Å². The molecule has 0 saturated carbocycles. The number of hydrogen-bond acceptors (Lipinski definition) is 4. The van der Waals surface area contributed by atoms with Gasteiger partial charge in [-0.2, -0.15) is 4.21 Å². The van der Waals surface area contributed by atoms with Gasteiger partial charge in [-0.1, -0.05) is 24.3 Å². The summed E-state index contributed by atoms with van der Waals surface area (Å²) in [6, 6.07) is 9.98. The van der Waals surface area contributed by atoms with Gasteiger partial charge in [-0.05, 0) is 17.5 Å². The smallest absolute Gasteiger partial charge is 0.282 e. The Hall–Kier alpha value is -2.09. The van der Waals surface area contributed by atoms with Gasteiger partial charge in [0, 0.05) is 5.39 Å². The van der Waals surface area contributed by atoms with Crippen molar-refractivity contribution in [3.8, 4) is 0 Å². The molecule has 1 heterocycles. The third kappa shape index (κ3) is 1.75. The van der Waals surface area contributed by atoms with Gasteiger partial charge < -0.3 is 0 Å². The van der Waals surface area contributed by atoms with E-state index in [1.165, 1.54) is 12.1 Å². The van der Waals surface area contributed by atoms with E-state index in [1.807, 2.05) is 0 Å². The minimum Gasteiger partial charge on any atom is -0.282 e. The number of imide groups is 1. The molecule has 0 bridgehead atoms. The average molecular weight is 277 g/mol. The number of carbonyl (C=O) groups excluding carboxylic acids is 2. The molecule has 0 aliphatic carbocycles. The van der Waals surface area contributed by atoms with Crippen LogP contribution in [0.4, 0.5) is 0 Å². The van der Waals surface area contributed by atoms with Crippen LogP contribution >= 0.6 is 0 Å². The number of amides is 2. The summed E-state index contributed by atoms with van der Waals surface area (Å²) in [6.07, 6.45) is 0. The summed E-state index contributed by atoms with van der Waals surface area (Å²) in [5.41, 5.74) is 0.524. The highest BCUT2D eigenvalue weighted by atomic mass is 32.2. The maximum absolute atomic E-state index is 12.1. The predicted octanol–water partition coefficient (Wildman–Crippen LogP) is 1.50. The van der Waals surface area contributed by atoms with E-state index in [1.54, 1.807) is 24.3 Å². The van der Waals surface area contributed by atoms with Crippen LogP contribution in [0.25, 0.3) is 10.8 Å². The van der Waals surface area contributed by atoms with Crippen LogP contribution in [0.1, 0.15) is 20.7 Å². The van der Waals surface area contributed by atoms with E-state index in [2.05, 4.69) is 4.28 Å². The first kappa shape index (κ1) is 12.0. The van der Waals surface area contributed by atoms with Crippen LogP contribution in [0.2, 0.25) is 0 Å². The number of rotatable bonds is 2. The second kappa shape index (κ2) is 4.23. The summed E-state index contributed by atoms with van der Waals surface area (Å²) in [5.74, 6) is -1.51. The van der Waals surface area contributed by atoms with E-state index >= 15 is 0 Å². The molecule has 2 amide bonds. The van der Waals surface area contributed by atoms with E-state index < -0.39 is 23.2 Å². The number of benzene rings is 2. The monoisotopic (exact) mass is 277 g/mol. The van der Waals surface area contributed by atoms with Gasteiger partial charge in [0.1, 0.15) is 0 Å². The molecule has 2 aromatic carbocycles. The maximum Gasteiger partial charge on any atom is 0.325 e. The quantitative estimate of drug-likeness (QED) is 0.664. The Labute approximate surface area is 110 Å². The molecule has 1 atom stereocenters. The molecule has 1 unspecified atom stereocenters. The number of hydrogen-bond donors (Lipinski definition) is 1. The molecule has 1 aliphatic rings. The Kier molecular flexibility index (Phi) is 2.67. The summed E-state index contributed by atoms with van der Waals surface area (Å²) in [5, 5.41) is 1.60. The van der Waals surface area contributed by atoms with E-state index in [0.29, 0.717) is 10.4 Å². The standard InChI is InChI=1S/C12H7NO5S/c14-11-8-5-1-3-7-4-2-6-9(10(7)8)12(15)13(11)18-19(16)17/h1-6H,(H,16,17). The second-order valence-corrected chi connectivity index (χ2v) is 4.49. The molecule has 1 aliphatic heterocycles. The highest BCUT2D eigenvalue weighted by molar-refractivity contribution is 7.74. The van der Waals surface area contributed by atoms with E-state index in [4.69, 9.17) is 4.55 Å². The summed E-state index contributed by atoms with van der Waals surface area (Å²) < 4.78 is 23.7. The largest absolute Gasteiger partial charge is 0.325 e. The minimum atomic E-state index is -2.75. The van der Waals surface area contributed by atoms with Crippen molar-refractivity contribution in [3.63, 3.8) is 0 Å². The fourth-order valence-corrected chi connectivity index (χ4v) is 2.40. The van der Waals surface area contributed by atoms with Crippen molar-refractivity contribution in [3.05, 3.63) is 47.5 Å². The van der Waals surface area contributed by atoms with E-state index in [9.17, 15) is 13.8 Å². The second-order valence-electron chi connectivity index (χ2n) is 3.91. The highest BCUT2D eigenvalue weighted by Gasteiger charge is 2.35. The van der Waals surface area contributed by atoms with Gasteiger partial charge in [0.25, 0.3) is 11.8 Å². The Bertz CT molecular complexity index is 691. The molecule has 0 spiro atoms. The Balaban J connectivity index is 2.28. The summed E-state index contributed by atoms with van der Waals surface area (Å²) in [6.45, 7) is 0. The molecule has 2 aromatic rings. The van der Waals surface area contributed by atoms with E-state index in [-0.39, 0.29) is 11.1 Å². The Morgan fingerprint density at radius 2 is 1.53 bits per heavy atom. The van der Waals surface area contributed by atoms with Crippen LogP contribution in [-0.4, -0.2) is 25.6 Å². The maximum atomic E-state index is 12.1. The SMILES string of the molecule is O=C1c2cccc3cccc(c23)C(=O)N1OS(=O)O. The van der Waals surface area contributed by atoms with Crippen LogP contribution < -0.4 is 0 Å². The highest BCUT2D eigenvalue weighted by Crippen LogP contribution is 2.30. The van der Waals surface area contributed by atoms with Crippen molar-refractivity contribution in [1.29, 1.82) is 0 Å². The number of carbonyl (C=O) groups is 2. The lowest BCUT2D eigenvalue weighted by Crippen LogP contribution is -2.40. The number of nitrogens with zero attached hydrogens (tertiary/aromatic N) is 1. The molecule has 1 N–H and O–H groups in total. The molecular weight excluding hydrogens is 270 g/mol. The van der Waals surface area contributed by atoms with Gasteiger partial charge in [-0.25, -0.2) is 0 Å². The van der Waals surface area contributed by atoms with Gasteiger partial charge >= 0.3 is 11.4 Å². The lowest BCUT2D eigenvalue weighted by atomic mass is 9.95. The molecule has 0 aromatic heterocycles. The van der Waals surface area contributed by atoms with Crippen LogP contribution in [0.3, 0.4) is 0 Å². The molecule has 7 heteroatoms. The molecule has 0 fully saturated rings. The fraction of sp³-hybridized carbons (Fsp3) is 0. The molecule has 0 saturated heterocycles. The zero-order chi connectivity index (χ0) is 13.6. The van der Waals surface area contributed by atoms with Gasteiger partial charge in [0.05, 0.1) is 11.1 Å². The Morgan fingerprint density at radius 1 is 1.00 bits per heavy atom. The Morgan fingerprint density at radius 3 is 2.00 bits per heavy atom. The van der Waals surface area contributed by atoms with Crippen LogP contribution in [0.15, 0.2) is 36.4 Å². The normalized spacial score (nSPS) is 15.9. The zero-order valence-corrected chi connectivity index (χ0v) is 10.2. The first-order valence-electron chi connectivity index (χ1n) is 5.29. The van der Waals surface area contributed by atoms with E-state index in [0.717, 1.165) is 5.39 Å². The van der Waals surface area contributed by atoms with Gasteiger partial charge in [-0.15, -0.1) is 9.35 Å². The molecule has 96 valence electrons. The minimum absolute atomic E-state index is 0.262. The zero-order valence-electron chi connectivity index (χ0n) is 9.40. The lowest BCUT2D eigenvalue weighted by Gasteiger charge is -2.23. The van der Waals surface area contributed by atoms with Crippen LogP contribution in [0.5, 0.6) is 0 Å². The first-order chi connectivity index (χ1) is 9.09. The third-order valence-corrected chi connectivity index (χ3v) is 3.15. The predicted molar refractivity (Wildman–Crippen MR) is 66.3 cm³/mol. The van der Waals surface area contributed by atoms with Gasteiger partial charge in [0.15, 0.2) is 0 Å². The van der Waals surface area contributed by atoms with Crippen molar-refractivity contribution in [2.75, 3.05) is 0 Å². The van der Waals surface area contributed by atoms with Crippen molar-refractivity contribution in [2.45, 2.75) is 0 Å². The van der Waals surface area contributed by atoms with Crippen molar-refractivity contribution >= 4 is 33.9 Å². The lowest BCUT2D eigenvalue weighted by molar-refractivity contribution is -0.0163. The number of hydroxylamine groups is 2. The summed E-state index contributed by atoms with van der Waals surface area (Å²) >= 11 is -2.75. The molecule has 3 rings (SSSR count). The van der Waals surface area contributed by atoms with Crippen molar-refractivity contribution in [1.82, 2.24) is 5.06 Å². The molecule has 19 heavy (non-hydrogen) atoms. The fourth-order valence-electron chi connectivity index (χ4n) is 2.14. The van der Waals surface area contributed by atoms with Crippen molar-refractivity contribution < 1.29 is 22.6 Å². The summed E-state index contributed by atoms with van der Waals surface area (Å²) in [4.78, 5) is 24.2. The topological polar surface area (TPSA) is 83.9 Å². The van der Waals surface area contributed by atoms with Crippen molar-refractivity contribution in [2.24, 2.45) is 0 Å². The average Bonchev–Trinajstić information content (AvgIpc) is 2.40. The summed E-state index contributed by atoms with van der Waals surface area (Å²) in [7, 11) is 0. The van der Waals surface area contributed by atoms with Crippen LogP contribution in [0, 0.1) is 0 Å². The van der Waals surface area contributed by atoms with Gasteiger partial charge in [0.2, 0.25) is 0 Å².